The molecule has 1 aromatic carbocycles. The second kappa shape index (κ2) is 7.31. The third kappa shape index (κ3) is 4.49. The van der Waals surface area contributed by atoms with Gasteiger partial charge >= 0.3 is 11.9 Å². The number of benzene rings is 1. The number of esters is 1. The Morgan fingerprint density at radius 1 is 1.23 bits per heavy atom. The van der Waals surface area contributed by atoms with Crippen molar-refractivity contribution in [1.29, 1.82) is 0 Å². The fourth-order valence-corrected chi connectivity index (χ4v) is 2.49. The van der Waals surface area contributed by atoms with Crippen molar-refractivity contribution in [2.24, 2.45) is 0 Å². The molecule has 0 amide bonds. The van der Waals surface area contributed by atoms with E-state index in [1.54, 1.807) is 0 Å². The van der Waals surface area contributed by atoms with Crippen molar-refractivity contribution < 1.29 is 38.1 Å². The average Bonchev–Trinajstić information content (AvgIpc) is 2.51. The minimum absolute atomic E-state index is 0.0927. The van der Waals surface area contributed by atoms with E-state index < -0.39 is 40.7 Å². The quantitative estimate of drug-likeness (QED) is 0.446. The van der Waals surface area contributed by atoms with Gasteiger partial charge < -0.3 is 20.1 Å². The second-order valence-corrected chi connectivity index (χ2v) is 5.97. The average molecular weight is 333 g/mol. The molecule has 122 valence electrons. The first-order valence-corrected chi connectivity index (χ1v) is 7.42. The van der Waals surface area contributed by atoms with Crippen LogP contribution in [-0.4, -0.2) is 55.4 Å². The number of hydrogen-bond donors (Lipinski definition) is 4. The van der Waals surface area contributed by atoms with Crippen LogP contribution in [0.4, 0.5) is 0 Å². The largest absolute Gasteiger partial charge is 0.480 e. The maximum absolute atomic E-state index is 11.7. The summed E-state index contributed by atoms with van der Waals surface area (Å²) in [4.78, 5) is 21.2. The van der Waals surface area contributed by atoms with Crippen LogP contribution in [0, 0.1) is 0 Å². The van der Waals surface area contributed by atoms with Crippen LogP contribution in [0.2, 0.25) is 0 Å². The summed E-state index contributed by atoms with van der Waals surface area (Å²) in [5.74, 6) is -2.37. The van der Waals surface area contributed by atoms with Gasteiger partial charge in [0, 0.05) is 0 Å². The number of carboxylic acids is 1. The molecular formula is C12H15NO8S. The first-order chi connectivity index (χ1) is 10.2. The minimum atomic E-state index is -4.01. The number of aliphatic hydroxyl groups is 2. The molecule has 0 aromatic heterocycles. The summed E-state index contributed by atoms with van der Waals surface area (Å²) in [6.45, 7) is -0.770. The van der Waals surface area contributed by atoms with Crippen LogP contribution < -0.4 is 4.72 Å². The zero-order valence-corrected chi connectivity index (χ0v) is 12.3. The van der Waals surface area contributed by atoms with Gasteiger partial charge in [-0.15, -0.1) is 0 Å². The molecule has 9 nitrogen and oxygen atoms in total. The van der Waals surface area contributed by atoms with Crippen LogP contribution in [0.3, 0.4) is 0 Å². The molecule has 0 spiro atoms. The minimum Gasteiger partial charge on any atom is -0.480 e. The molecule has 0 saturated carbocycles. The van der Waals surface area contributed by atoms with E-state index in [0.717, 1.165) is 19.2 Å². The van der Waals surface area contributed by atoms with Gasteiger partial charge in [-0.1, -0.05) is 12.1 Å². The lowest BCUT2D eigenvalue weighted by Crippen LogP contribution is -2.30. The number of hydrogen-bond acceptors (Lipinski definition) is 7. The van der Waals surface area contributed by atoms with Crippen LogP contribution >= 0.6 is 0 Å². The number of carbonyl (C=O) groups excluding carboxylic acids is 1. The Hall–Kier alpha value is -2.01. The molecule has 0 saturated heterocycles. The van der Waals surface area contributed by atoms with Gasteiger partial charge in [-0.05, 0) is 17.7 Å². The summed E-state index contributed by atoms with van der Waals surface area (Å²) in [5, 5.41) is 27.7. The molecule has 22 heavy (non-hydrogen) atoms. The van der Waals surface area contributed by atoms with Gasteiger partial charge in [-0.3, -0.25) is 4.79 Å². The lowest BCUT2D eigenvalue weighted by atomic mass is 10.0. The normalized spacial score (nSPS) is 14.1. The van der Waals surface area contributed by atoms with Crippen molar-refractivity contribution in [2.45, 2.75) is 17.1 Å². The molecule has 1 rings (SSSR count). The summed E-state index contributed by atoms with van der Waals surface area (Å²) in [7, 11) is -2.96. The number of ether oxygens (including phenoxy) is 1. The van der Waals surface area contributed by atoms with Crippen LogP contribution in [0.1, 0.15) is 11.7 Å². The Balaban J connectivity index is 2.90. The molecule has 0 radical (unpaired) electrons. The van der Waals surface area contributed by atoms with Gasteiger partial charge in [0.2, 0.25) is 10.0 Å². The standard InChI is InChI=1S/C12H15NO8S/c1-21-12(18)11(17)10(16)7-2-4-8(5-3-7)22(19,20)13-6-9(14)15/h2-5,10-11,13,16-17H,6H2,1H3,(H,14,15). The van der Waals surface area contributed by atoms with Crippen molar-refractivity contribution in [1.82, 2.24) is 4.72 Å². The van der Waals surface area contributed by atoms with E-state index in [9.17, 15) is 28.2 Å². The van der Waals surface area contributed by atoms with E-state index in [1.807, 2.05) is 4.72 Å². The topological polar surface area (TPSA) is 150 Å². The molecule has 0 aliphatic carbocycles. The van der Waals surface area contributed by atoms with Gasteiger partial charge in [-0.25, -0.2) is 13.2 Å². The van der Waals surface area contributed by atoms with E-state index in [2.05, 4.69) is 4.74 Å². The zero-order chi connectivity index (χ0) is 16.9. The highest BCUT2D eigenvalue weighted by molar-refractivity contribution is 7.89. The summed E-state index contributed by atoms with van der Waals surface area (Å²) in [6.07, 6.45) is -3.39. The molecule has 1 aromatic rings. The van der Waals surface area contributed by atoms with Gasteiger partial charge in [-0.2, -0.15) is 4.72 Å². The van der Waals surface area contributed by atoms with Gasteiger partial charge in [0.15, 0.2) is 6.10 Å². The monoisotopic (exact) mass is 333 g/mol. The van der Waals surface area contributed by atoms with E-state index >= 15 is 0 Å². The van der Waals surface area contributed by atoms with Crippen LogP contribution in [0.15, 0.2) is 29.2 Å². The zero-order valence-electron chi connectivity index (χ0n) is 11.5. The fourth-order valence-electron chi connectivity index (χ4n) is 1.52. The number of aliphatic carboxylic acids is 1. The predicted octanol–water partition coefficient (Wildman–Crippen LogP) is -1.38. The van der Waals surface area contributed by atoms with Crippen molar-refractivity contribution in [2.75, 3.05) is 13.7 Å². The maximum atomic E-state index is 11.7. The van der Waals surface area contributed by atoms with Crippen LogP contribution in [-0.2, 0) is 24.3 Å². The molecule has 0 bridgehead atoms. The number of methoxy groups -OCH3 is 1. The van der Waals surface area contributed by atoms with E-state index in [-0.39, 0.29) is 10.5 Å². The maximum Gasteiger partial charge on any atom is 0.337 e. The fraction of sp³-hybridized carbons (Fsp3) is 0.333. The van der Waals surface area contributed by atoms with E-state index in [0.29, 0.717) is 0 Å². The van der Waals surface area contributed by atoms with Crippen LogP contribution in [0.25, 0.3) is 0 Å². The molecule has 10 heteroatoms. The number of carboxylic acid groups (broad SMARTS) is 1. The van der Waals surface area contributed by atoms with Gasteiger partial charge in [0.25, 0.3) is 0 Å². The highest BCUT2D eigenvalue weighted by Gasteiger charge is 2.26. The first-order valence-electron chi connectivity index (χ1n) is 5.94. The van der Waals surface area contributed by atoms with Crippen molar-refractivity contribution >= 4 is 22.0 Å². The van der Waals surface area contributed by atoms with Crippen LogP contribution in [0.5, 0.6) is 0 Å². The molecular weight excluding hydrogens is 318 g/mol. The second-order valence-electron chi connectivity index (χ2n) is 4.20. The van der Waals surface area contributed by atoms with Gasteiger partial charge in [0.05, 0.1) is 12.0 Å². The molecule has 4 N–H and O–H groups in total. The van der Waals surface area contributed by atoms with E-state index in [1.165, 1.54) is 12.1 Å². The molecule has 0 aliphatic heterocycles. The SMILES string of the molecule is COC(=O)C(O)C(O)c1ccc(S(=O)(=O)NCC(=O)O)cc1. The lowest BCUT2D eigenvalue weighted by molar-refractivity contribution is -0.156. The Kier molecular flexibility index (Phi) is 6.00. The highest BCUT2D eigenvalue weighted by atomic mass is 32.2. The Bertz CT molecular complexity index is 640. The summed E-state index contributed by atoms with van der Waals surface area (Å²) in [5.41, 5.74) is 0.0927. The Labute approximate surface area is 126 Å². The summed E-state index contributed by atoms with van der Waals surface area (Å²) >= 11 is 0. The van der Waals surface area contributed by atoms with Gasteiger partial charge in [0.1, 0.15) is 12.6 Å². The predicted molar refractivity (Wildman–Crippen MR) is 72.2 cm³/mol. The Morgan fingerprint density at radius 2 is 1.77 bits per heavy atom. The summed E-state index contributed by atoms with van der Waals surface area (Å²) in [6, 6.07) is 4.58. The van der Waals surface area contributed by atoms with Crippen molar-refractivity contribution in [3.05, 3.63) is 29.8 Å². The third-order valence-electron chi connectivity index (χ3n) is 2.69. The molecule has 0 heterocycles. The lowest BCUT2D eigenvalue weighted by Gasteiger charge is -2.16. The number of rotatable bonds is 7. The first kappa shape index (κ1) is 18.0. The molecule has 2 unspecified atom stereocenters. The summed E-state index contributed by atoms with van der Waals surface area (Å²) < 4.78 is 29.6. The highest BCUT2D eigenvalue weighted by Crippen LogP contribution is 2.20. The van der Waals surface area contributed by atoms with E-state index in [4.69, 9.17) is 5.11 Å². The number of carbonyl (C=O) groups is 2. The molecule has 2 atom stereocenters. The van der Waals surface area contributed by atoms with Crippen molar-refractivity contribution in [3.63, 3.8) is 0 Å². The van der Waals surface area contributed by atoms with Crippen molar-refractivity contribution in [3.8, 4) is 0 Å². The number of sulfonamides is 1. The number of nitrogens with one attached hydrogen (secondary N) is 1. The number of aliphatic hydroxyl groups excluding tert-OH is 2. The Morgan fingerprint density at radius 3 is 2.23 bits per heavy atom. The third-order valence-corrected chi connectivity index (χ3v) is 4.10. The molecule has 0 fully saturated rings. The molecule has 0 aliphatic rings. The smallest absolute Gasteiger partial charge is 0.337 e.